The van der Waals surface area contributed by atoms with Gasteiger partial charge < -0.3 is 4.74 Å². The Morgan fingerprint density at radius 3 is 2.40 bits per heavy atom. The highest BCUT2D eigenvalue weighted by molar-refractivity contribution is 6.30. The van der Waals surface area contributed by atoms with Gasteiger partial charge in [0.05, 0.1) is 10.8 Å². The normalized spacial score (nSPS) is 11.4. The molecule has 1 aromatic carbocycles. The molecule has 0 radical (unpaired) electrons. The maximum atomic E-state index is 11.4. The molecule has 0 aliphatic carbocycles. The predicted molar refractivity (Wildman–Crippen MR) is 68.2 cm³/mol. The number of esters is 1. The Bertz CT molecular complexity index is 530. The van der Waals surface area contributed by atoms with E-state index in [0.29, 0.717) is 5.56 Å². The number of ether oxygens (including phenoxy) is 1. The lowest BCUT2D eigenvalue weighted by Gasteiger charge is -2.07. The lowest BCUT2D eigenvalue weighted by Crippen LogP contribution is -2.30. The van der Waals surface area contributed by atoms with Crippen LogP contribution in [-0.4, -0.2) is 28.6 Å². The van der Waals surface area contributed by atoms with Crippen molar-refractivity contribution in [2.45, 2.75) is 12.6 Å². The van der Waals surface area contributed by atoms with E-state index in [1.165, 1.54) is 24.3 Å². The average Bonchev–Trinajstić information content (AvgIpc) is 2.46. The molecule has 0 saturated carbocycles. The Balaban J connectivity index is 2.62. The van der Waals surface area contributed by atoms with Gasteiger partial charge in [0.2, 0.25) is 6.04 Å². The van der Waals surface area contributed by atoms with E-state index in [1.807, 2.05) is 0 Å². The fraction of sp³-hybridized carbons (Fsp3) is 0.273. The smallest absolute Gasteiger partial charge is 0.342 e. The number of non-ortho nitro benzene ring substituents is 1. The lowest BCUT2D eigenvalue weighted by molar-refractivity contribution is -0.384. The second-order valence-corrected chi connectivity index (χ2v) is 3.91. The molecule has 1 rings (SSSR count). The molecule has 1 atom stereocenters. The second-order valence-electron chi connectivity index (χ2n) is 3.64. The number of alkyl halides is 1. The first-order valence-electron chi connectivity index (χ1n) is 5.30. The van der Waals surface area contributed by atoms with Gasteiger partial charge in [-0.2, -0.15) is 0 Å². The predicted octanol–water partition coefficient (Wildman–Crippen LogP) is 1.58. The van der Waals surface area contributed by atoms with Crippen LogP contribution in [0.25, 0.3) is 0 Å². The molecule has 9 heteroatoms. The molecule has 8 nitrogen and oxygen atoms in total. The molecule has 0 fully saturated rings. The number of nitrogens with zero attached hydrogens (tertiary/aromatic N) is 2. The summed E-state index contributed by atoms with van der Waals surface area (Å²) in [5.74, 6) is -2.48. The van der Waals surface area contributed by atoms with E-state index in [4.69, 9.17) is 16.3 Å². The molecule has 0 aliphatic heterocycles. The van der Waals surface area contributed by atoms with Crippen molar-refractivity contribution in [1.82, 2.24) is 0 Å². The zero-order chi connectivity index (χ0) is 15.1. The lowest BCUT2D eigenvalue weighted by atomic mass is 10.2. The number of ketones is 1. The summed E-state index contributed by atoms with van der Waals surface area (Å²) in [5.41, 5.74) is 0.358. The van der Waals surface area contributed by atoms with Crippen molar-refractivity contribution in [3.05, 3.63) is 44.9 Å². The summed E-state index contributed by atoms with van der Waals surface area (Å²) < 4.78 is 4.72. The molecule has 0 N–H and O–H groups in total. The first-order chi connectivity index (χ1) is 9.49. The molecule has 106 valence electrons. The van der Waals surface area contributed by atoms with E-state index in [0.717, 1.165) is 0 Å². The zero-order valence-corrected chi connectivity index (χ0v) is 10.8. The average molecular weight is 301 g/mol. The summed E-state index contributed by atoms with van der Waals surface area (Å²) in [4.78, 5) is 42.8. The third-order valence-corrected chi connectivity index (χ3v) is 2.56. The largest absolute Gasteiger partial charge is 0.459 e. The zero-order valence-electron chi connectivity index (χ0n) is 10.0. The number of nitro benzene ring substituents is 1. The molecule has 1 aromatic rings. The highest BCUT2D eigenvalue weighted by Gasteiger charge is 2.28. The van der Waals surface area contributed by atoms with E-state index < -0.39 is 28.6 Å². The minimum atomic E-state index is -1.79. The Hall–Kier alpha value is -2.35. The van der Waals surface area contributed by atoms with Crippen molar-refractivity contribution in [3.63, 3.8) is 0 Å². The minimum absolute atomic E-state index is 0.107. The van der Waals surface area contributed by atoms with Gasteiger partial charge in [-0.3, -0.25) is 14.9 Å². The van der Waals surface area contributed by atoms with Crippen molar-refractivity contribution in [1.29, 1.82) is 0 Å². The standard InChI is InChI=1S/C11H9ClN2O6/c12-5-9(15)10(13-17)11(16)20-6-7-1-3-8(4-2-7)14(18)19/h1-4,10H,5-6H2. The molecule has 0 bridgehead atoms. The number of rotatable bonds is 7. The maximum absolute atomic E-state index is 11.4. The van der Waals surface area contributed by atoms with Gasteiger partial charge in [-0.1, -0.05) is 0 Å². The highest BCUT2D eigenvalue weighted by atomic mass is 35.5. The van der Waals surface area contributed by atoms with Gasteiger partial charge in [0.1, 0.15) is 6.61 Å². The van der Waals surface area contributed by atoms with Crippen LogP contribution in [0.4, 0.5) is 5.69 Å². The van der Waals surface area contributed by atoms with Gasteiger partial charge in [-0.15, -0.1) is 16.5 Å². The van der Waals surface area contributed by atoms with E-state index in [9.17, 15) is 24.6 Å². The number of carbonyl (C=O) groups is 2. The van der Waals surface area contributed by atoms with Crippen LogP contribution in [0.5, 0.6) is 0 Å². The topological polar surface area (TPSA) is 116 Å². The Morgan fingerprint density at radius 2 is 1.95 bits per heavy atom. The summed E-state index contributed by atoms with van der Waals surface area (Å²) >= 11 is 5.21. The summed E-state index contributed by atoms with van der Waals surface area (Å²) in [7, 11) is 0. The number of benzene rings is 1. The molecule has 0 spiro atoms. The fourth-order valence-corrected chi connectivity index (χ4v) is 1.40. The van der Waals surface area contributed by atoms with Crippen molar-refractivity contribution in [3.8, 4) is 0 Å². The van der Waals surface area contributed by atoms with E-state index in [2.05, 4.69) is 5.18 Å². The van der Waals surface area contributed by atoms with Crippen molar-refractivity contribution in [2.24, 2.45) is 5.18 Å². The van der Waals surface area contributed by atoms with Crippen LogP contribution in [0.1, 0.15) is 5.56 Å². The molecule has 0 amide bonds. The third kappa shape index (κ3) is 4.09. The third-order valence-electron chi connectivity index (χ3n) is 2.29. The van der Waals surface area contributed by atoms with E-state index in [-0.39, 0.29) is 12.3 Å². The van der Waals surface area contributed by atoms with Crippen LogP contribution in [0.3, 0.4) is 0 Å². The van der Waals surface area contributed by atoms with Crippen LogP contribution >= 0.6 is 11.6 Å². The Kier molecular flexibility index (Phi) is 5.73. The SMILES string of the molecule is O=NC(C(=O)CCl)C(=O)OCc1ccc([N+](=O)[O-])cc1. The minimum Gasteiger partial charge on any atom is -0.459 e. The number of Topliss-reactive ketones (excluding diaryl/α,β-unsaturated/α-hetero) is 1. The van der Waals surface area contributed by atoms with Gasteiger partial charge in [-0.05, 0) is 22.9 Å². The molecule has 0 heterocycles. The van der Waals surface area contributed by atoms with Crippen LogP contribution in [0.15, 0.2) is 29.4 Å². The number of nitroso groups, excluding NO2 is 1. The molecule has 0 aromatic heterocycles. The molecule has 0 aliphatic rings. The van der Waals surface area contributed by atoms with E-state index >= 15 is 0 Å². The molecular weight excluding hydrogens is 292 g/mol. The Labute approximate surface area is 117 Å². The first-order valence-corrected chi connectivity index (χ1v) is 5.84. The van der Waals surface area contributed by atoms with Crippen LogP contribution in [0, 0.1) is 15.0 Å². The van der Waals surface area contributed by atoms with E-state index in [1.54, 1.807) is 0 Å². The Morgan fingerprint density at radius 1 is 1.35 bits per heavy atom. The number of hydrogen-bond donors (Lipinski definition) is 0. The van der Waals surface area contributed by atoms with Gasteiger partial charge >= 0.3 is 5.97 Å². The highest BCUT2D eigenvalue weighted by Crippen LogP contribution is 2.13. The maximum Gasteiger partial charge on any atom is 0.342 e. The molecular formula is C11H9ClN2O6. The summed E-state index contributed by atoms with van der Waals surface area (Å²) in [5, 5.41) is 12.8. The van der Waals surface area contributed by atoms with Gasteiger partial charge in [0.15, 0.2) is 5.78 Å². The van der Waals surface area contributed by atoms with Gasteiger partial charge in [0, 0.05) is 12.1 Å². The first kappa shape index (κ1) is 15.7. The summed E-state index contributed by atoms with van der Waals surface area (Å²) in [6, 6.07) is 3.46. The van der Waals surface area contributed by atoms with Gasteiger partial charge in [-0.25, -0.2) is 4.79 Å². The van der Waals surface area contributed by atoms with Crippen molar-refractivity contribution in [2.75, 3.05) is 5.88 Å². The van der Waals surface area contributed by atoms with Crippen LogP contribution in [0.2, 0.25) is 0 Å². The van der Waals surface area contributed by atoms with Crippen molar-refractivity contribution >= 4 is 29.0 Å². The second kappa shape index (κ2) is 7.29. The molecule has 0 saturated heterocycles. The quantitative estimate of drug-likeness (QED) is 0.188. The number of halogens is 1. The summed E-state index contributed by atoms with van der Waals surface area (Å²) in [6.07, 6.45) is 0. The number of nitro groups is 1. The molecule has 20 heavy (non-hydrogen) atoms. The molecule has 1 unspecified atom stereocenters. The number of carbonyl (C=O) groups excluding carboxylic acids is 2. The number of hydrogen-bond acceptors (Lipinski definition) is 7. The van der Waals surface area contributed by atoms with Gasteiger partial charge in [0.25, 0.3) is 5.69 Å². The fourth-order valence-electron chi connectivity index (χ4n) is 1.25. The summed E-state index contributed by atoms with van der Waals surface area (Å²) in [6.45, 7) is -0.238. The van der Waals surface area contributed by atoms with Crippen molar-refractivity contribution < 1.29 is 19.2 Å². The van der Waals surface area contributed by atoms with Crippen LogP contribution in [-0.2, 0) is 20.9 Å². The van der Waals surface area contributed by atoms with Crippen LogP contribution < -0.4 is 0 Å². The monoisotopic (exact) mass is 300 g/mol.